The Hall–Kier alpha value is -2.82. The normalized spacial score (nSPS) is 10.4. The van der Waals surface area contributed by atoms with Gasteiger partial charge in [0.15, 0.2) is 0 Å². The number of anilines is 2. The van der Waals surface area contributed by atoms with E-state index in [1.54, 1.807) is 12.1 Å². The predicted octanol–water partition coefficient (Wildman–Crippen LogP) is 3.83. The number of nitrogens with one attached hydrogen (secondary N) is 2. The van der Waals surface area contributed by atoms with E-state index in [0.717, 1.165) is 41.2 Å². The summed E-state index contributed by atoms with van der Waals surface area (Å²) in [5.74, 6) is -0.494. The Kier molecular flexibility index (Phi) is 6.99. The molecule has 2 amide bonds. The van der Waals surface area contributed by atoms with E-state index < -0.39 is 0 Å². The first-order valence-corrected chi connectivity index (χ1v) is 9.36. The molecule has 2 rings (SSSR count). The van der Waals surface area contributed by atoms with Gasteiger partial charge in [0, 0.05) is 30.0 Å². The fourth-order valence-corrected chi connectivity index (χ4v) is 3.24. The Balaban J connectivity index is 1.94. The molecule has 5 nitrogen and oxygen atoms in total. The second-order valence-corrected chi connectivity index (χ2v) is 6.72. The summed E-state index contributed by atoms with van der Waals surface area (Å²) in [6, 6.07) is 11.5. The smallest absolute Gasteiger partial charge is 0.251 e. The second-order valence-electron chi connectivity index (χ2n) is 6.72. The van der Waals surface area contributed by atoms with Gasteiger partial charge in [0.25, 0.3) is 5.91 Å². The predicted molar refractivity (Wildman–Crippen MR) is 112 cm³/mol. The lowest BCUT2D eigenvalue weighted by atomic mass is 10.1. The maximum Gasteiger partial charge on any atom is 0.251 e. The molecule has 5 heteroatoms. The molecule has 144 valence electrons. The minimum Gasteiger partial charge on any atom is -0.372 e. The molecule has 0 spiro atoms. The van der Waals surface area contributed by atoms with Crippen LogP contribution >= 0.6 is 0 Å². The lowest BCUT2D eigenvalue weighted by Crippen LogP contribution is -2.33. The molecule has 0 radical (unpaired) electrons. The third-order valence-corrected chi connectivity index (χ3v) is 4.61. The summed E-state index contributed by atoms with van der Waals surface area (Å²) in [6.07, 6.45) is 0. The van der Waals surface area contributed by atoms with Gasteiger partial charge in [-0.15, -0.1) is 0 Å². The Bertz CT molecular complexity index is 786. The Morgan fingerprint density at radius 2 is 1.48 bits per heavy atom. The molecule has 0 saturated heterocycles. The molecular weight excluding hydrogens is 338 g/mol. The van der Waals surface area contributed by atoms with E-state index in [1.807, 2.05) is 45.0 Å². The zero-order valence-electron chi connectivity index (χ0n) is 16.8. The number of hydrogen-bond donors (Lipinski definition) is 2. The molecule has 0 aliphatic carbocycles. The van der Waals surface area contributed by atoms with E-state index in [4.69, 9.17) is 0 Å². The molecule has 0 bridgehead atoms. The number of carbonyl (C=O) groups is 2. The van der Waals surface area contributed by atoms with Crippen molar-refractivity contribution in [2.75, 3.05) is 29.9 Å². The fourth-order valence-electron chi connectivity index (χ4n) is 3.24. The van der Waals surface area contributed by atoms with Crippen molar-refractivity contribution in [3.63, 3.8) is 0 Å². The van der Waals surface area contributed by atoms with Gasteiger partial charge < -0.3 is 15.5 Å². The minimum absolute atomic E-state index is 0.0661. The summed E-state index contributed by atoms with van der Waals surface area (Å²) >= 11 is 0. The number of hydrogen-bond acceptors (Lipinski definition) is 3. The van der Waals surface area contributed by atoms with Crippen LogP contribution in [0.2, 0.25) is 0 Å². The van der Waals surface area contributed by atoms with Crippen LogP contribution in [0.1, 0.15) is 40.9 Å². The van der Waals surface area contributed by atoms with Crippen molar-refractivity contribution in [1.29, 1.82) is 0 Å². The first-order chi connectivity index (χ1) is 12.8. The number of benzene rings is 2. The van der Waals surface area contributed by atoms with Gasteiger partial charge in [0.1, 0.15) is 0 Å². The zero-order valence-corrected chi connectivity index (χ0v) is 16.8. The molecule has 0 heterocycles. The van der Waals surface area contributed by atoms with E-state index in [-0.39, 0.29) is 18.4 Å². The number of rotatable bonds is 7. The van der Waals surface area contributed by atoms with Gasteiger partial charge in [0.05, 0.1) is 6.54 Å². The van der Waals surface area contributed by atoms with Gasteiger partial charge in [-0.25, -0.2) is 0 Å². The van der Waals surface area contributed by atoms with Crippen molar-refractivity contribution < 1.29 is 9.59 Å². The van der Waals surface area contributed by atoms with E-state index >= 15 is 0 Å². The van der Waals surface area contributed by atoms with Crippen molar-refractivity contribution in [3.05, 3.63) is 58.7 Å². The van der Waals surface area contributed by atoms with Crippen molar-refractivity contribution in [3.8, 4) is 0 Å². The van der Waals surface area contributed by atoms with Gasteiger partial charge in [-0.05, 0) is 70.0 Å². The first kappa shape index (κ1) is 20.5. The fraction of sp³-hybridized carbons (Fsp3) is 0.364. The molecule has 0 aromatic heterocycles. The SMILES string of the molecule is CCN(CC)c1ccc(C(=O)NCC(=O)Nc2c(C)cc(C)cc2C)cc1. The summed E-state index contributed by atoms with van der Waals surface area (Å²) in [5, 5.41) is 5.57. The molecule has 0 aliphatic rings. The third-order valence-electron chi connectivity index (χ3n) is 4.61. The van der Waals surface area contributed by atoms with Crippen LogP contribution in [0.5, 0.6) is 0 Å². The second kappa shape index (κ2) is 9.21. The maximum absolute atomic E-state index is 12.3. The van der Waals surface area contributed by atoms with E-state index in [9.17, 15) is 9.59 Å². The highest BCUT2D eigenvalue weighted by atomic mass is 16.2. The van der Waals surface area contributed by atoms with Gasteiger partial charge in [-0.3, -0.25) is 9.59 Å². The molecule has 27 heavy (non-hydrogen) atoms. The van der Waals surface area contributed by atoms with E-state index in [0.29, 0.717) is 5.56 Å². The van der Waals surface area contributed by atoms with Crippen LogP contribution < -0.4 is 15.5 Å². The first-order valence-electron chi connectivity index (χ1n) is 9.36. The van der Waals surface area contributed by atoms with Crippen molar-refractivity contribution >= 4 is 23.2 Å². The van der Waals surface area contributed by atoms with Crippen molar-refractivity contribution in [2.24, 2.45) is 0 Å². The third kappa shape index (κ3) is 5.33. The van der Waals surface area contributed by atoms with Crippen molar-refractivity contribution in [1.82, 2.24) is 5.32 Å². The highest BCUT2D eigenvalue weighted by Crippen LogP contribution is 2.21. The Morgan fingerprint density at radius 1 is 0.926 bits per heavy atom. The number of amides is 2. The van der Waals surface area contributed by atoms with E-state index in [1.165, 1.54) is 0 Å². The van der Waals surface area contributed by atoms with Crippen molar-refractivity contribution in [2.45, 2.75) is 34.6 Å². The monoisotopic (exact) mass is 367 g/mol. The van der Waals surface area contributed by atoms with Crippen LogP contribution in [-0.4, -0.2) is 31.4 Å². The van der Waals surface area contributed by atoms with Gasteiger partial charge >= 0.3 is 0 Å². The quantitative estimate of drug-likeness (QED) is 0.782. The zero-order chi connectivity index (χ0) is 20.0. The van der Waals surface area contributed by atoms with E-state index in [2.05, 4.69) is 29.4 Å². The summed E-state index contributed by atoms with van der Waals surface area (Å²) in [7, 11) is 0. The number of nitrogens with zero attached hydrogens (tertiary/aromatic N) is 1. The minimum atomic E-state index is -0.256. The topological polar surface area (TPSA) is 61.4 Å². The van der Waals surface area contributed by atoms with Crippen LogP contribution in [0.4, 0.5) is 11.4 Å². The maximum atomic E-state index is 12.3. The summed E-state index contributed by atoms with van der Waals surface area (Å²) in [4.78, 5) is 26.7. The number of aryl methyl sites for hydroxylation is 3. The molecular formula is C22H29N3O2. The molecule has 2 aromatic rings. The Morgan fingerprint density at radius 3 is 2.00 bits per heavy atom. The molecule has 0 aliphatic heterocycles. The van der Waals surface area contributed by atoms with Gasteiger partial charge in [0.2, 0.25) is 5.91 Å². The molecule has 2 aromatic carbocycles. The van der Waals surface area contributed by atoms with Crippen LogP contribution in [-0.2, 0) is 4.79 Å². The summed E-state index contributed by atoms with van der Waals surface area (Å²) < 4.78 is 0. The molecule has 0 unspecified atom stereocenters. The summed E-state index contributed by atoms with van der Waals surface area (Å²) in [6.45, 7) is 11.9. The standard InChI is InChI=1S/C22H29N3O2/c1-6-25(7-2)19-10-8-18(9-11-19)22(27)23-14-20(26)24-21-16(4)12-15(3)13-17(21)5/h8-13H,6-7,14H2,1-5H3,(H,23,27)(H,24,26). The highest BCUT2D eigenvalue weighted by Gasteiger charge is 2.11. The number of carbonyl (C=O) groups excluding carboxylic acids is 2. The summed E-state index contributed by atoms with van der Waals surface area (Å²) in [5.41, 5.74) is 5.62. The highest BCUT2D eigenvalue weighted by molar-refractivity contribution is 6.00. The molecule has 0 fully saturated rings. The van der Waals surface area contributed by atoms with Crippen LogP contribution in [0.25, 0.3) is 0 Å². The van der Waals surface area contributed by atoms with Crippen LogP contribution in [0, 0.1) is 20.8 Å². The lowest BCUT2D eigenvalue weighted by molar-refractivity contribution is -0.115. The molecule has 2 N–H and O–H groups in total. The largest absolute Gasteiger partial charge is 0.372 e. The average molecular weight is 367 g/mol. The molecule has 0 atom stereocenters. The molecule has 0 saturated carbocycles. The van der Waals surface area contributed by atoms with Crippen LogP contribution in [0.15, 0.2) is 36.4 Å². The Labute approximate surface area is 161 Å². The van der Waals surface area contributed by atoms with Gasteiger partial charge in [-0.1, -0.05) is 17.7 Å². The lowest BCUT2D eigenvalue weighted by Gasteiger charge is -2.21. The average Bonchev–Trinajstić information content (AvgIpc) is 2.64. The van der Waals surface area contributed by atoms with Crippen LogP contribution in [0.3, 0.4) is 0 Å². The van der Waals surface area contributed by atoms with Gasteiger partial charge in [-0.2, -0.15) is 0 Å².